The summed E-state index contributed by atoms with van der Waals surface area (Å²) in [6, 6.07) is 12.4. The van der Waals surface area contributed by atoms with E-state index in [0.29, 0.717) is 46.4 Å². The Balaban J connectivity index is 1.92. The van der Waals surface area contributed by atoms with Crippen molar-refractivity contribution in [2.45, 2.75) is 31.8 Å². The summed E-state index contributed by atoms with van der Waals surface area (Å²) in [7, 11) is 0. The minimum atomic E-state index is -0.829. The number of benzene rings is 2. The number of aliphatic carboxylic acids is 1. The molecule has 29 heavy (non-hydrogen) atoms. The average molecular weight is 521 g/mol. The zero-order valence-electron chi connectivity index (χ0n) is 15.5. The molecule has 8 heteroatoms. The number of halogens is 2. The molecule has 2 heterocycles. The lowest BCUT2D eigenvalue weighted by molar-refractivity contribution is -0.144. The van der Waals surface area contributed by atoms with Crippen molar-refractivity contribution in [3.63, 3.8) is 0 Å². The first-order chi connectivity index (χ1) is 14.0. The number of aromatic nitrogens is 2. The Hall–Kier alpha value is -2.03. The molecule has 4 rings (SSSR count). The molecule has 150 valence electrons. The van der Waals surface area contributed by atoms with Crippen LogP contribution in [0, 0.1) is 0 Å². The summed E-state index contributed by atoms with van der Waals surface area (Å²) in [6.07, 6.45) is 2.43. The minimum Gasteiger partial charge on any atom is -0.480 e. The van der Waals surface area contributed by atoms with E-state index in [1.54, 1.807) is 10.6 Å². The molecular formula is C21H19Br2N3O3. The topological polar surface area (TPSA) is 75.4 Å². The predicted molar refractivity (Wildman–Crippen MR) is 118 cm³/mol. The van der Waals surface area contributed by atoms with E-state index in [9.17, 15) is 14.7 Å². The molecule has 1 aliphatic rings. The molecule has 0 amide bonds. The normalized spacial score (nSPS) is 17.5. The Morgan fingerprint density at radius 3 is 2.66 bits per heavy atom. The lowest BCUT2D eigenvalue weighted by Gasteiger charge is -2.33. The maximum Gasteiger partial charge on any atom is 0.320 e. The molecule has 1 unspecified atom stereocenters. The average Bonchev–Trinajstić information content (AvgIpc) is 2.70. The van der Waals surface area contributed by atoms with Crippen LogP contribution in [0.1, 0.15) is 25.1 Å². The molecule has 0 saturated carbocycles. The molecular weight excluding hydrogens is 502 g/mol. The molecule has 1 N–H and O–H groups in total. The summed E-state index contributed by atoms with van der Waals surface area (Å²) in [4.78, 5) is 31.9. The zero-order chi connectivity index (χ0) is 20.5. The maximum absolute atomic E-state index is 13.5. The van der Waals surface area contributed by atoms with Crippen molar-refractivity contribution in [2.75, 3.05) is 6.54 Å². The third kappa shape index (κ3) is 4.01. The SMILES string of the molecule is O=C(O)C1CCCCN1Cc1nc2c(Br)cc(Br)cc2c(=O)n1-c1ccccc1. The molecule has 2 aromatic carbocycles. The Morgan fingerprint density at radius 2 is 1.93 bits per heavy atom. The standard InChI is InChI=1S/C21H19Br2N3O3/c22-13-10-15-19(16(23)11-13)24-18(12-25-9-5-4-8-17(25)21(28)29)26(20(15)27)14-6-2-1-3-7-14/h1-3,6-7,10-11,17H,4-5,8-9,12H2,(H,28,29). The summed E-state index contributed by atoms with van der Waals surface area (Å²) < 4.78 is 3.09. The molecule has 0 aliphatic carbocycles. The van der Waals surface area contributed by atoms with Crippen molar-refractivity contribution in [2.24, 2.45) is 0 Å². The highest BCUT2D eigenvalue weighted by atomic mass is 79.9. The quantitative estimate of drug-likeness (QED) is 0.553. The Labute approximate surface area is 184 Å². The van der Waals surface area contributed by atoms with Crippen molar-refractivity contribution in [3.8, 4) is 5.69 Å². The van der Waals surface area contributed by atoms with E-state index < -0.39 is 12.0 Å². The highest BCUT2D eigenvalue weighted by Gasteiger charge is 2.30. The smallest absolute Gasteiger partial charge is 0.320 e. The van der Waals surface area contributed by atoms with Crippen molar-refractivity contribution >= 4 is 48.7 Å². The van der Waals surface area contributed by atoms with Crippen molar-refractivity contribution in [1.29, 1.82) is 0 Å². The molecule has 0 spiro atoms. The van der Waals surface area contributed by atoms with Crippen molar-refractivity contribution in [3.05, 3.63) is 67.6 Å². The van der Waals surface area contributed by atoms with Crippen LogP contribution in [0.4, 0.5) is 0 Å². The van der Waals surface area contributed by atoms with Crippen LogP contribution in [0.5, 0.6) is 0 Å². The molecule has 1 aliphatic heterocycles. The highest BCUT2D eigenvalue weighted by molar-refractivity contribution is 9.11. The van der Waals surface area contributed by atoms with Crippen LogP contribution in [0.3, 0.4) is 0 Å². The zero-order valence-corrected chi connectivity index (χ0v) is 18.7. The lowest BCUT2D eigenvalue weighted by Crippen LogP contribution is -2.45. The van der Waals surface area contributed by atoms with E-state index in [-0.39, 0.29) is 5.56 Å². The Morgan fingerprint density at radius 1 is 1.17 bits per heavy atom. The first-order valence-corrected chi connectivity index (χ1v) is 11.0. The van der Waals surface area contributed by atoms with Gasteiger partial charge in [0.1, 0.15) is 11.9 Å². The largest absolute Gasteiger partial charge is 0.480 e. The molecule has 1 saturated heterocycles. The van der Waals surface area contributed by atoms with Crippen LogP contribution in [0.25, 0.3) is 16.6 Å². The number of likely N-dealkylation sites (tertiary alicyclic amines) is 1. The van der Waals surface area contributed by atoms with Gasteiger partial charge < -0.3 is 5.11 Å². The fourth-order valence-electron chi connectivity index (χ4n) is 3.85. The number of fused-ring (bicyclic) bond motifs is 1. The van der Waals surface area contributed by atoms with Gasteiger partial charge in [0.25, 0.3) is 5.56 Å². The predicted octanol–water partition coefficient (Wildman–Crippen LogP) is 4.35. The first kappa shape index (κ1) is 20.3. The third-order valence-electron chi connectivity index (χ3n) is 5.22. The number of carboxylic acid groups (broad SMARTS) is 1. The second-order valence-electron chi connectivity index (χ2n) is 7.11. The summed E-state index contributed by atoms with van der Waals surface area (Å²) in [6.45, 7) is 0.959. The Kier molecular flexibility index (Phi) is 5.85. The van der Waals surface area contributed by atoms with Gasteiger partial charge in [-0.15, -0.1) is 0 Å². The highest BCUT2D eigenvalue weighted by Crippen LogP contribution is 2.27. The fourth-order valence-corrected chi connectivity index (χ4v) is 5.16. The molecule has 1 fully saturated rings. The van der Waals surface area contributed by atoms with Crippen LogP contribution < -0.4 is 5.56 Å². The van der Waals surface area contributed by atoms with Gasteiger partial charge >= 0.3 is 5.97 Å². The summed E-state index contributed by atoms with van der Waals surface area (Å²) in [5, 5.41) is 10.1. The summed E-state index contributed by atoms with van der Waals surface area (Å²) >= 11 is 6.95. The van der Waals surface area contributed by atoms with Crippen molar-refractivity contribution in [1.82, 2.24) is 14.5 Å². The molecule has 0 bridgehead atoms. The maximum atomic E-state index is 13.5. The van der Waals surface area contributed by atoms with Gasteiger partial charge in [-0.25, -0.2) is 4.98 Å². The third-order valence-corrected chi connectivity index (χ3v) is 6.28. The van der Waals surface area contributed by atoms with Gasteiger partial charge in [-0.1, -0.05) is 40.5 Å². The van der Waals surface area contributed by atoms with Crippen LogP contribution >= 0.6 is 31.9 Å². The van der Waals surface area contributed by atoms with E-state index in [4.69, 9.17) is 4.98 Å². The molecule has 1 aromatic heterocycles. The van der Waals surface area contributed by atoms with Crippen LogP contribution in [-0.2, 0) is 11.3 Å². The minimum absolute atomic E-state index is 0.179. The lowest BCUT2D eigenvalue weighted by atomic mass is 10.0. The molecule has 6 nitrogen and oxygen atoms in total. The monoisotopic (exact) mass is 519 g/mol. The molecule has 3 aromatic rings. The second kappa shape index (κ2) is 8.38. The van der Waals surface area contributed by atoms with Crippen molar-refractivity contribution < 1.29 is 9.90 Å². The van der Waals surface area contributed by atoms with Gasteiger partial charge in [0, 0.05) is 8.95 Å². The van der Waals surface area contributed by atoms with E-state index in [1.807, 2.05) is 41.3 Å². The number of carbonyl (C=O) groups is 1. The van der Waals surface area contributed by atoms with Gasteiger partial charge in [-0.05, 0) is 59.6 Å². The van der Waals surface area contributed by atoms with Gasteiger partial charge in [0.15, 0.2) is 0 Å². The van der Waals surface area contributed by atoms with Gasteiger partial charge in [0.05, 0.1) is 23.1 Å². The number of rotatable bonds is 4. The molecule has 0 radical (unpaired) electrons. The van der Waals surface area contributed by atoms with E-state index >= 15 is 0 Å². The number of hydrogen-bond acceptors (Lipinski definition) is 4. The first-order valence-electron chi connectivity index (χ1n) is 9.38. The van der Waals surface area contributed by atoms with Gasteiger partial charge in [-0.3, -0.25) is 19.1 Å². The second-order valence-corrected chi connectivity index (χ2v) is 8.88. The Bertz CT molecular complexity index is 1130. The van der Waals surface area contributed by atoms with Crippen LogP contribution in [0.15, 0.2) is 56.2 Å². The van der Waals surface area contributed by atoms with Crippen LogP contribution in [0.2, 0.25) is 0 Å². The number of carboxylic acids is 1. The van der Waals surface area contributed by atoms with E-state index in [2.05, 4.69) is 31.9 Å². The van der Waals surface area contributed by atoms with Gasteiger partial charge in [0.2, 0.25) is 0 Å². The number of para-hydroxylation sites is 1. The van der Waals surface area contributed by atoms with E-state index in [1.165, 1.54) is 0 Å². The van der Waals surface area contributed by atoms with Gasteiger partial charge in [-0.2, -0.15) is 0 Å². The van der Waals surface area contributed by atoms with E-state index in [0.717, 1.165) is 17.3 Å². The summed E-state index contributed by atoms with van der Waals surface area (Å²) in [5.41, 5.74) is 1.10. The fraction of sp³-hybridized carbons (Fsp3) is 0.286. The number of hydrogen-bond donors (Lipinski definition) is 1. The summed E-state index contributed by atoms with van der Waals surface area (Å²) in [5.74, 6) is -0.297. The number of nitrogens with zero attached hydrogens (tertiary/aromatic N) is 3. The van der Waals surface area contributed by atoms with Crippen LogP contribution in [-0.4, -0.2) is 38.1 Å². The molecule has 1 atom stereocenters. The number of piperidine rings is 1.